The maximum atomic E-state index is 5.52. The normalized spacial score (nSPS) is 15.8. The summed E-state index contributed by atoms with van der Waals surface area (Å²) in [5, 5.41) is 0. The molecule has 1 heterocycles. The molecule has 1 aromatic rings. The first-order chi connectivity index (χ1) is 8.15. The third-order valence-electron chi connectivity index (χ3n) is 3.53. The average Bonchev–Trinajstić information content (AvgIpc) is 2.25. The highest BCUT2D eigenvalue weighted by Crippen LogP contribution is 2.34. The highest BCUT2D eigenvalue weighted by Gasteiger charge is 2.26. The SMILES string of the molecule is CC(C)c1c(NN)ncnc1N(C)C1CCC1. The van der Waals surface area contributed by atoms with E-state index in [0.29, 0.717) is 12.0 Å². The maximum Gasteiger partial charge on any atom is 0.148 e. The van der Waals surface area contributed by atoms with Gasteiger partial charge in [0.2, 0.25) is 0 Å². The molecule has 0 aromatic carbocycles. The summed E-state index contributed by atoms with van der Waals surface area (Å²) in [6.07, 6.45) is 5.40. The topological polar surface area (TPSA) is 67.1 Å². The zero-order valence-electron chi connectivity index (χ0n) is 10.8. The quantitative estimate of drug-likeness (QED) is 0.616. The van der Waals surface area contributed by atoms with Crippen molar-refractivity contribution in [3.05, 3.63) is 11.9 Å². The van der Waals surface area contributed by atoms with E-state index in [1.54, 1.807) is 6.33 Å². The molecule has 1 aliphatic rings. The molecule has 0 aliphatic heterocycles. The molecule has 3 N–H and O–H groups in total. The number of nitrogens with two attached hydrogens (primary N) is 1. The lowest BCUT2D eigenvalue weighted by molar-refractivity contribution is 0.398. The smallest absolute Gasteiger partial charge is 0.148 e. The third-order valence-corrected chi connectivity index (χ3v) is 3.53. The number of nitrogens with zero attached hydrogens (tertiary/aromatic N) is 3. The van der Waals surface area contributed by atoms with Crippen LogP contribution in [-0.2, 0) is 0 Å². The maximum absolute atomic E-state index is 5.52. The number of hydrazine groups is 1. The number of anilines is 2. The van der Waals surface area contributed by atoms with Crippen LogP contribution < -0.4 is 16.2 Å². The van der Waals surface area contributed by atoms with Crippen LogP contribution in [-0.4, -0.2) is 23.1 Å². The standard InChI is InChI=1S/C12H21N5/c1-8(2)10-11(16-13)14-7-15-12(10)17(3)9-5-4-6-9/h7-9H,4-6,13H2,1-3H3,(H,14,15,16). The molecule has 0 saturated heterocycles. The first-order valence-corrected chi connectivity index (χ1v) is 6.19. The molecule has 1 fully saturated rings. The van der Waals surface area contributed by atoms with E-state index in [1.165, 1.54) is 19.3 Å². The Bertz CT molecular complexity index is 386. The predicted octanol–water partition coefficient (Wildman–Crippen LogP) is 1.87. The number of hydrogen-bond donors (Lipinski definition) is 2. The van der Waals surface area contributed by atoms with Gasteiger partial charge in [-0.2, -0.15) is 0 Å². The van der Waals surface area contributed by atoms with Gasteiger partial charge in [-0.3, -0.25) is 0 Å². The summed E-state index contributed by atoms with van der Waals surface area (Å²) in [6, 6.07) is 0.619. The molecule has 1 saturated carbocycles. The van der Waals surface area contributed by atoms with Crippen molar-refractivity contribution in [2.24, 2.45) is 5.84 Å². The van der Waals surface area contributed by atoms with Gasteiger partial charge in [0.05, 0.1) is 0 Å². The van der Waals surface area contributed by atoms with E-state index >= 15 is 0 Å². The second-order valence-electron chi connectivity index (χ2n) is 4.95. The van der Waals surface area contributed by atoms with E-state index in [1.807, 2.05) is 0 Å². The summed E-state index contributed by atoms with van der Waals surface area (Å²) in [4.78, 5) is 10.9. The Morgan fingerprint density at radius 2 is 2.12 bits per heavy atom. The van der Waals surface area contributed by atoms with Crippen molar-refractivity contribution in [2.75, 3.05) is 17.4 Å². The number of hydrogen-bond acceptors (Lipinski definition) is 5. The molecule has 17 heavy (non-hydrogen) atoms. The Hall–Kier alpha value is -1.36. The summed E-state index contributed by atoms with van der Waals surface area (Å²) in [5.41, 5.74) is 3.77. The lowest BCUT2D eigenvalue weighted by Crippen LogP contribution is -2.38. The van der Waals surface area contributed by atoms with Crippen LogP contribution in [0.15, 0.2) is 6.33 Å². The molecule has 1 aliphatic carbocycles. The van der Waals surface area contributed by atoms with Gasteiger partial charge in [-0.05, 0) is 25.2 Å². The summed E-state index contributed by atoms with van der Waals surface area (Å²) >= 11 is 0. The molecule has 5 nitrogen and oxygen atoms in total. The molecule has 0 bridgehead atoms. The Balaban J connectivity index is 2.37. The molecule has 2 rings (SSSR count). The van der Waals surface area contributed by atoms with E-state index < -0.39 is 0 Å². The molecule has 5 heteroatoms. The van der Waals surface area contributed by atoms with Gasteiger partial charge in [0.25, 0.3) is 0 Å². The van der Waals surface area contributed by atoms with Gasteiger partial charge < -0.3 is 10.3 Å². The van der Waals surface area contributed by atoms with Crippen LogP contribution in [0.3, 0.4) is 0 Å². The minimum Gasteiger partial charge on any atom is -0.356 e. The van der Waals surface area contributed by atoms with E-state index in [-0.39, 0.29) is 0 Å². The van der Waals surface area contributed by atoms with Crippen molar-refractivity contribution >= 4 is 11.6 Å². The van der Waals surface area contributed by atoms with Gasteiger partial charge in [0, 0.05) is 18.7 Å². The van der Waals surface area contributed by atoms with E-state index in [0.717, 1.165) is 17.2 Å². The largest absolute Gasteiger partial charge is 0.356 e. The van der Waals surface area contributed by atoms with Crippen LogP contribution >= 0.6 is 0 Å². The fourth-order valence-corrected chi connectivity index (χ4v) is 2.26. The van der Waals surface area contributed by atoms with Gasteiger partial charge in [0.15, 0.2) is 0 Å². The minimum atomic E-state index is 0.347. The second-order valence-corrected chi connectivity index (χ2v) is 4.95. The van der Waals surface area contributed by atoms with E-state index in [9.17, 15) is 0 Å². The molecule has 0 spiro atoms. The first kappa shape index (κ1) is 12.1. The van der Waals surface area contributed by atoms with Gasteiger partial charge in [0.1, 0.15) is 18.0 Å². The minimum absolute atomic E-state index is 0.347. The van der Waals surface area contributed by atoms with Crippen LogP contribution in [0.1, 0.15) is 44.6 Å². The fourth-order valence-electron chi connectivity index (χ4n) is 2.26. The summed E-state index contributed by atoms with van der Waals surface area (Å²) in [5.74, 6) is 7.61. The van der Waals surface area contributed by atoms with Crippen LogP contribution in [0, 0.1) is 0 Å². The molecule has 0 amide bonds. The Morgan fingerprint density at radius 1 is 1.41 bits per heavy atom. The van der Waals surface area contributed by atoms with Crippen molar-refractivity contribution in [3.8, 4) is 0 Å². The first-order valence-electron chi connectivity index (χ1n) is 6.19. The van der Waals surface area contributed by atoms with Crippen molar-refractivity contribution in [3.63, 3.8) is 0 Å². The second kappa shape index (κ2) is 4.87. The lowest BCUT2D eigenvalue weighted by Gasteiger charge is -2.37. The Kier molecular flexibility index (Phi) is 3.47. The zero-order chi connectivity index (χ0) is 12.4. The molecule has 94 valence electrons. The summed E-state index contributed by atoms with van der Waals surface area (Å²) in [6.45, 7) is 4.27. The molecule has 0 radical (unpaired) electrons. The molecule has 0 unspecified atom stereocenters. The predicted molar refractivity (Wildman–Crippen MR) is 70.0 cm³/mol. The van der Waals surface area contributed by atoms with Gasteiger partial charge >= 0.3 is 0 Å². The van der Waals surface area contributed by atoms with Crippen LogP contribution in [0.4, 0.5) is 11.6 Å². The van der Waals surface area contributed by atoms with E-state index in [2.05, 4.69) is 41.2 Å². The highest BCUT2D eigenvalue weighted by atomic mass is 15.3. The van der Waals surface area contributed by atoms with Gasteiger partial charge in [-0.15, -0.1) is 0 Å². The number of rotatable bonds is 4. The van der Waals surface area contributed by atoms with Crippen molar-refractivity contribution in [1.29, 1.82) is 0 Å². The van der Waals surface area contributed by atoms with Crippen molar-refractivity contribution in [2.45, 2.75) is 45.1 Å². The lowest BCUT2D eigenvalue weighted by atomic mass is 9.91. The summed E-state index contributed by atoms with van der Waals surface area (Å²) in [7, 11) is 2.11. The van der Waals surface area contributed by atoms with Gasteiger partial charge in [-0.25, -0.2) is 15.8 Å². The van der Waals surface area contributed by atoms with Gasteiger partial charge in [-0.1, -0.05) is 13.8 Å². The van der Waals surface area contributed by atoms with Crippen LogP contribution in [0.5, 0.6) is 0 Å². The fraction of sp³-hybridized carbons (Fsp3) is 0.667. The molecule has 1 aromatic heterocycles. The third kappa shape index (κ3) is 2.20. The number of nitrogens with one attached hydrogen (secondary N) is 1. The van der Waals surface area contributed by atoms with Crippen LogP contribution in [0.2, 0.25) is 0 Å². The average molecular weight is 235 g/mol. The number of aromatic nitrogens is 2. The van der Waals surface area contributed by atoms with Crippen LogP contribution in [0.25, 0.3) is 0 Å². The molecule has 0 atom stereocenters. The number of nitrogen functional groups attached to an aromatic ring is 1. The Morgan fingerprint density at radius 3 is 2.59 bits per heavy atom. The zero-order valence-corrected chi connectivity index (χ0v) is 10.8. The molecular weight excluding hydrogens is 214 g/mol. The van der Waals surface area contributed by atoms with Crippen molar-refractivity contribution < 1.29 is 0 Å². The highest BCUT2D eigenvalue weighted by molar-refractivity contribution is 5.60. The monoisotopic (exact) mass is 235 g/mol. The van der Waals surface area contributed by atoms with Crippen molar-refractivity contribution in [1.82, 2.24) is 9.97 Å². The summed E-state index contributed by atoms with van der Waals surface area (Å²) < 4.78 is 0. The Labute approximate surface area is 102 Å². The molecular formula is C12H21N5. The van der Waals surface area contributed by atoms with E-state index in [4.69, 9.17) is 5.84 Å².